The van der Waals surface area contributed by atoms with Crippen LogP contribution in [0.4, 0.5) is 5.69 Å². The van der Waals surface area contributed by atoms with Gasteiger partial charge < -0.3 is 10.5 Å². The topological polar surface area (TPSA) is 69.4 Å². The van der Waals surface area contributed by atoms with Gasteiger partial charge in [0.05, 0.1) is 13.0 Å². The Balaban J connectivity index is 1.72. The molecule has 2 unspecified atom stereocenters. The van der Waals surface area contributed by atoms with Crippen molar-refractivity contribution >= 4 is 17.4 Å². The van der Waals surface area contributed by atoms with E-state index in [2.05, 4.69) is 0 Å². The molecule has 4 nitrogen and oxygen atoms in total. The van der Waals surface area contributed by atoms with Gasteiger partial charge in [0.25, 0.3) is 0 Å². The summed E-state index contributed by atoms with van der Waals surface area (Å²) in [4.78, 5) is 24.5. The Kier molecular flexibility index (Phi) is 5.17. The number of benzene rings is 2. The van der Waals surface area contributed by atoms with Crippen LogP contribution in [-0.4, -0.2) is 18.9 Å². The van der Waals surface area contributed by atoms with Crippen molar-refractivity contribution < 1.29 is 14.3 Å². The van der Waals surface area contributed by atoms with Gasteiger partial charge in [0.1, 0.15) is 0 Å². The third-order valence-electron chi connectivity index (χ3n) is 4.99. The molecule has 4 heteroatoms. The molecule has 0 aliphatic heterocycles. The minimum Gasteiger partial charge on any atom is -0.469 e. The van der Waals surface area contributed by atoms with E-state index in [1.807, 2.05) is 48.5 Å². The first kappa shape index (κ1) is 17.2. The van der Waals surface area contributed by atoms with Crippen LogP contribution in [0.5, 0.6) is 0 Å². The van der Waals surface area contributed by atoms with Gasteiger partial charge in [-0.15, -0.1) is 0 Å². The molecule has 1 saturated carbocycles. The fraction of sp³-hybridized carbons (Fsp3) is 0.333. The number of hydrogen-bond donors (Lipinski definition) is 1. The molecule has 130 valence electrons. The van der Waals surface area contributed by atoms with Crippen molar-refractivity contribution in [3.05, 3.63) is 54.1 Å². The highest BCUT2D eigenvalue weighted by atomic mass is 16.5. The molecule has 1 aliphatic rings. The van der Waals surface area contributed by atoms with Crippen LogP contribution >= 0.6 is 0 Å². The number of methoxy groups -OCH3 is 1. The zero-order valence-corrected chi connectivity index (χ0v) is 14.4. The smallest absolute Gasteiger partial charge is 0.308 e. The molecule has 3 rings (SSSR count). The average Bonchev–Trinajstić information content (AvgIpc) is 2.67. The fourth-order valence-electron chi connectivity index (χ4n) is 3.55. The number of esters is 1. The molecule has 0 radical (unpaired) electrons. The Bertz CT molecular complexity index is 750. The first-order valence-electron chi connectivity index (χ1n) is 8.66. The van der Waals surface area contributed by atoms with Crippen molar-refractivity contribution in [2.45, 2.75) is 25.7 Å². The van der Waals surface area contributed by atoms with Crippen LogP contribution in [0.25, 0.3) is 11.1 Å². The number of anilines is 1. The van der Waals surface area contributed by atoms with Crippen molar-refractivity contribution in [2.75, 3.05) is 12.8 Å². The van der Waals surface area contributed by atoms with E-state index in [0.29, 0.717) is 12.0 Å². The monoisotopic (exact) mass is 337 g/mol. The molecule has 1 fully saturated rings. The predicted octanol–water partition coefficient (Wildman–Crippen LogP) is 4.10. The van der Waals surface area contributed by atoms with E-state index in [0.717, 1.165) is 36.1 Å². The van der Waals surface area contributed by atoms with Crippen molar-refractivity contribution in [1.82, 2.24) is 0 Å². The number of ketones is 1. The summed E-state index contributed by atoms with van der Waals surface area (Å²) in [5.41, 5.74) is 9.26. The van der Waals surface area contributed by atoms with E-state index >= 15 is 0 Å². The fourth-order valence-corrected chi connectivity index (χ4v) is 3.55. The number of nitrogens with two attached hydrogens (primary N) is 1. The first-order chi connectivity index (χ1) is 12.1. The minimum atomic E-state index is -0.198. The molecule has 0 spiro atoms. The molecule has 25 heavy (non-hydrogen) atoms. The van der Waals surface area contributed by atoms with Crippen LogP contribution in [0.3, 0.4) is 0 Å². The van der Waals surface area contributed by atoms with Crippen LogP contribution in [0.1, 0.15) is 36.0 Å². The lowest BCUT2D eigenvalue weighted by atomic mass is 9.78. The third-order valence-corrected chi connectivity index (χ3v) is 4.99. The Morgan fingerprint density at radius 3 is 2.08 bits per heavy atom. The second-order valence-electron chi connectivity index (χ2n) is 6.65. The molecule has 2 N–H and O–H groups in total. The van der Waals surface area contributed by atoms with Crippen LogP contribution in [0.15, 0.2) is 48.5 Å². The summed E-state index contributed by atoms with van der Waals surface area (Å²) in [5, 5.41) is 0. The number of nitrogen functional groups attached to an aromatic ring is 1. The Morgan fingerprint density at radius 2 is 1.48 bits per heavy atom. The molecule has 0 amide bonds. The van der Waals surface area contributed by atoms with Gasteiger partial charge in [-0.2, -0.15) is 0 Å². The second kappa shape index (κ2) is 7.51. The molecule has 0 heterocycles. The second-order valence-corrected chi connectivity index (χ2v) is 6.65. The third kappa shape index (κ3) is 3.90. The standard InChI is InChI=1S/C21H23NO3/c1-25-21(24)18-4-2-3-17(13-18)20(23)16-7-5-14(6-8-16)15-9-11-19(22)12-10-15/h5-12,17-18H,2-4,13,22H2,1H3. The zero-order chi connectivity index (χ0) is 17.8. The largest absolute Gasteiger partial charge is 0.469 e. The Labute approximate surface area is 148 Å². The molecular formula is C21H23NO3. The zero-order valence-electron chi connectivity index (χ0n) is 14.4. The lowest BCUT2D eigenvalue weighted by molar-refractivity contribution is -0.146. The maximum absolute atomic E-state index is 12.8. The summed E-state index contributed by atoms with van der Waals surface area (Å²) >= 11 is 0. The number of carbonyl (C=O) groups is 2. The summed E-state index contributed by atoms with van der Waals surface area (Å²) in [7, 11) is 1.41. The normalized spacial score (nSPS) is 20.0. The van der Waals surface area contributed by atoms with Gasteiger partial charge in [-0.1, -0.05) is 42.8 Å². The number of ether oxygens (including phenoxy) is 1. The summed E-state index contributed by atoms with van der Waals surface area (Å²) < 4.78 is 4.84. The number of hydrogen-bond acceptors (Lipinski definition) is 4. The predicted molar refractivity (Wildman–Crippen MR) is 98.1 cm³/mol. The van der Waals surface area contributed by atoms with E-state index in [1.54, 1.807) is 0 Å². The highest BCUT2D eigenvalue weighted by molar-refractivity contribution is 5.98. The first-order valence-corrected chi connectivity index (χ1v) is 8.66. The molecule has 0 aromatic heterocycles. The molecule has 0 bridgehead atoms. The summed E-state index contributed by atoms with van der Waals surface area (Å²) in [6, 6.07) is 15.3. The van der Waals surface area contributed by atoms with E-state index in [-0.39, 0.29) is 23.6 Å². The molecular weight excluding hydrogens is 314 g/mol. The lowest BCUT2D eigenvalue weighted by Crippen LogP contribution is -2.28. The Hall–Kier alpha value is -2.62. The number of carbonyl (C=O) groups excluding carboxylic acids is 2. The number of rotatable bonds is 4. The summed E-state index contributed by atoms with van der Waals surface area (Å²) in [6.07, 6.45) is 3.13. The van der Waals surface area contributed by atoms with Gasteiger partial charge in [0.2, 0.25) is 0 Å². The quantitative estimate of drug-likeness (QED) is 0.518. The van der Waals surface area contributed by atoms with Crippen molar-refractivity contribution in [3.8, 4) is 11.1 Å². The maximum atomic E-state index is 12.8. The molecule has 2 atom stereocenters. The molecule has 2 aromatic carbocycles. The highest BCUT2D eigenvalue weighted by Gasteiger charge is 2.32. The van der Waals surface area contributed by atoms with Gasteiger partial charge in [-0.05, 0) is 42.5 Å². The summed E-state index contributed by atoms with van der Waals surface area (Å²) in [5.74, 6) is -0.323. The molecule has 1 aliphatic carbocycles. The van der Waals surface area contributed by atoms with E-state index in [4.69, 9.17) is 10.5 Å². The average molecular weight is 337 g/mol. The van der Waals surface area contributed by atoms with E-state index in [9.17, 15) is 9.59 Å². The van der Waals surface area contributed by atoms with Crippen molar-refractivity contribution in [1.29, 1.82) is 0 Å². The van der Waals surface area contributed by atoms with Gasteiger partial charge in [-0.25, -0.2) is 0 Å². The van der Waals surface area contributed by atoms with Crippen LogP contribution in [-0.2, 0) is 9.53 Å². The van der Waals surface area contributed by atoms with Crippen LogP contribution in [0.2, 0.25) is 0 Å². The summed E-state index contributed by atoms with van der Waals surface area (Å²) in [6.45, 7) is 0. The van der Waals surface area contributed by atoms with Crippen molar-refractivity contribution in [2.24, 2.45) is 11.8 Å². The Morgan fingerprint density at radius 1 is 0.920 bits per heavy atom. The van der Waals surface area contributed by atoms with Gasteiger partial charge in [0.15, 0.2) is 5.78 Å². The van der Waals surface area contributed by atoms with Crippen molar-refractivity contribution in [3.63, 3.8) is 0 Å². The van der Waals surface area contributed by atoms with Gasteiger partial charge in [0, 0.05) is 17.2 Å². The molecule has 0 saturated heterocycles. The lowest BCUT2D eigenvalue weighted by Gasteiger charge is -2.26. The van der Waals surface area contributed by atoms with Crippen LogP contribution < -0.4 is 5.73 Å². The number of Topliss-reactive ketones (excluding diaryl/α,β-unsaturated/α-hetero) is 1. The SMILES string of the molecule is COC(=O)C1CCCC(C(=O)c2ccc(-c3ccc(N)cc3)cc2)C1. The van der Waals surface area contributed by atoms with Gasteiger partial charge in [-0.3, -0.25) is 9.59 Å². The van der Waals surface area contributed by atoms with E-state index < -0.39 is 0 Å². The molecule has 2 aromatic rings. The van der Waals surface area contributed by atoms with E-state index in [1.165, 1.54) is 7.11 Å². The highest BCUT2D eigenvalue weighted by Crippen LogP contribution is 2.32. The minimum absolute atomic E-state index is 0.0970. The van der Waals surface area contributed by atoms with Gasteiger partial charge >= 0.3 is 5.97 Å². The maximum Gasteiger partial charge on any atom is 0.308 e. The van der Waals surface area contributed by atoms with Crippen LogP contribution in [0, 0.1) is 11.8 Å².